The number of aromatic nitrogens is 2. The zero-order valence-corrected chi connectivity index (χ0v) is 26.1. The number of nitrogens with two attached hydrogens (primary N) is 1. The first kappa shape index (κ1) is 37.0. The second kappa shape index (κ2) is 19.9. The molecule has 2 heterocycles. The summed E-state index contributed by atoms with van der Waals surface area (Å²) in [6.07, 6.45) is 13.5. The maximum absolute atomic E-state index is 13.4. The van der Waals surface area contributed by atoms with Crippen LogP contribution in [0.2, 0.25) is 0 Å². The van der Waals surface area contributed by atoms with Crippen LogP contribution in [0.3, 0.4) is 0 Å². The van der Waals surface area contributed by atoms with E-state index in [0.29, 0.717) is 29.5 Å². The lowest BCUT2D eigenvalue weighted by Crippen LogP contribution is -2.31. The molecule has 0 radical (unpaired) electrons. The van der Waals surface area contributed by atoms with Gasteiger partial charge in [-0.1, -0.05) is 94.0 Å². The van der Waals surface area contributed by atoms with Crippen LogP contribution in [0.15, 0.2) is 78.1 Å². The molecule has 1 atom stereocenters. The van der Waals surface area contributed by atoms with Crippen LogP contribution in [0.25, 0.3) is 5.70 Å². The predicted octanol–water partition coefficient (Wildman–Crippen LogP) is 9.18. The third-order valence-corrected chi connectivity index (χ3v) is 5.54. The highest BCUT2D eigenvalue weighted by atomic mass is 19.1. The van der Waals surface area contributed by atoms with Crippen molar-refractivity contribution >= 4 is 11.6 Å². The van der Waals surface area contributed by atoms with Gasteiger partial charge in [0.1, 0.15) is 0 Å². The van der Waals surface area contributed by atoms with E-state index in [9.17, 15) is 4.39 Å². The molecule has 5 nitrogen and oxygen atoms in total. The summed E-state index contributed by atoms with van der Waals surface area (Å²) in [7, 11) is 0. The Morgan fingerprint density at radius 2 is 1.79 bits per heavy atom. The first-order valence-corrected chi connectivity index (χ1v) is 14.0. The number of rotatable bonds is 8. The van der Waals surface area contributed by atoms with Gasteiger partial charge in [-0.3, -0.25) is 0 Å². The molecule has 214 valence electrons. The molecule has 1 aromatic rings. The summed E-state index contributed by atoms with van der Waals surface area (Å²) in [6, 6.07) is 1.99. The number of nitrogens with one attached hydrogen (secondary N) is 1. The first-order chi connectivity index (χ1) is 18.1. The first-order valence-electron chi connectivity index (χ1n) is 14.0. The highest BCUT2D eigenvalue weighted by Gasteiger charge is 2.22. The molecule has 0 bridgehead atoms. The van der Waals surface area contributed by atoms with Gasteiger partial charge in [-0.25, -0.2) is 14.4 Å². The third kappa shape index (κ3) is 12.4. The molecular weight excluding hydrogens is 473 g/mol. The van der Waals surface area contributed by atoms with Crippen molar-refractivity contribution < 1.29 is 4.39 Å². The molecule has 1 unspecified atom stereocenters. The lowest BCUT2D eigenvalue weighted by Gasteiger charge is -2.29. The molecule has 0 aromatic carbocycles. The average molecular weight is 528 g/mol. The number of hydrogen-bond acceptors (Lipinski definition) is 5. The van der Waals surface area contributed by atoms with Gasteiger partial charge in [0.25, 0.3) is 0 Å². The summed E-state index contributed by atoms with van der Waals surface area (Å²) in [6.45, 7) is 28.6. The largest absolute Gasteiger partial charge is 0.396 e. The topological polar surface area (TPSA) is 67.1 Å². The van der Waals surface area contributed by atoms with Crippen LogP contribution >= 0.6 is 0 Å². The molecule has 0 aliphatic carbocycles. The van der Waals surface area contributed by atoms with Gasteiger partial charge in [-0.05, 0) is 55.0 Å². The number of anilines is 1. The zero-order chi connectivity index (χ0) is 29.9. The summed E-state index contributed by atoms with van der Waals surface area (Å²) in [5, 5.41) is 3.39. The number of allylic oxidation sites excluding steroid dienone is 6. The molecule has 1 aromatic heterocycles. The van der Waals surface area contributed by atoms with Crippen LogP contribution in [-0.2, 0) is 0 Å². The van der Waals surface area contributed by atoms with E-state index in [0.717, 1.165) is 12.1 Å². The van der Waals surface area contributed by atoms with Gasteiger partial charge < -0.3 is 16.0 Å². The highest BCUT2D eigenvalue weighted by molar-refractivity contribution is 5.71. The Morgan fingerprint density at radius 3 is 2.24 bits per heavy atom. The molecule has 1 aliphatic rings. The third-order valence-electron chi connectivity index (χ3n) is 5.54. The Hall–Kier alpha value is -3.15. The van der Waals surface area contributed by atoms with Crippen LogP contribution in [0.1, 0.15) is 95.2 Å². The Labute approximate surface area is 233 Å². The van der Waals surface area contributed by atoms with Crippen molar-refractivity contribution in [2.24, 2.45) is 11.1 Å². The van der Waals surface area contributed by atoms with E-state index in [1.807, 2.05) is 58.7 Å². The SMILES string of the molecule is C=CC(=C\C=C(/C)F)/C(N)=C(\c1ccnc(NC(C)C(C)(C)C)n1)N1C=CC(CC)=CC1.CC.CC.CC. The second-order valence-electron chi connectivity index (χ2n) is 8.94. The summed E-state index contributed by atoms with van der Waals surface area (Å²) < 4.78 is 13.4. The van der Waals surface area contributed by atoms with Crippen molar-refractivity contribution in [2.75, 3.05) is 11.9 Å². The zero-order valence-electron chi connectivity index (χ0n) is 26.1. The molecule has 0 amide bonds. The van der Waals surface area contributed by atoms with Crippen LogP contribution in [0.4, 0.5) is 10.3 Å². The Morgan fingerprint density at radius 1 is 1.18 bits per heavy atom. The highest BCUT2D eigenvalue weighted by Crippen LogP contribution is 2.28. The lowest BCUT2D eigenvalue weighted by atomic mass is 9.88. The average Bonchev–Trinajstić information content (AvgIpc) is 2.92. The summed E-state index contributed by atoms with van der Waals surface area (Å²) in [5.74, 6) is 0.224. The predicted molar refractivity (Wildman–Crippen MR) is 167 cm³/mol. The van der Waals surface area contributed by atoms with E-state index >= 15 is 0 Å². The number of halogens is 1. The van der Waals surface area contributed by atoms with E-state index in [1.54, 1.807) is 18.3 Å². The maximum atomic E-state index is 13.4. The molecule has 38 heavy (non-hydrogen) atoms. The standard InChI is InChI=1S/C26H36FN5.3C2H6/c1-8-20-13-16-32(17-14-20)24(23(28)21(9-2)11-10-18(3)27)22-12-15-29-25(31-22)30-19(4)26(5,6)7;3*1-2/h9-16,19H,2,8,17,28H2,1,3-7H3,(H,29,30,31);3*1-2H3/b18-10+,21-11+,24-23-;;;. The number of nitrogens with zero attached hydrogens (tertiary/aromatic N) is 3. The van der Waals surface area contributed by atoms with Gasteiger partial charge in [-0.2, -0.15) is 0 Å². The maximum Gasteiger partial charge on any atom is 0.223 e. The molecule has 2 rings (SSSR count). The Balaban J connectivity index is 0. The molecule has 3 N–H and O–H groups in total. The van der Waals surface area contributed by atoms with Crippen molar-refractivity contribution in [1.29, 1.82) is 0 Å². The van der Waals surface area contributed by atoms with E-state index in [2.05, 4.69) is 63.7 Å². The van der Waals surface area contributed by atoms with Gasteiger partial charge in [0.15, 0.2) is 0 Å². The van der Waals surface area contributed by atoms with Crippen LogP contribution in [-0.4, -0.2) is 27.5 Å². The van der Waals surface area contributed by atoms with Crippen LogP contribution in [0, 0.1) is 5.41 Å². The van der Waals surface area contributed by atoms with Gasteiger partial charge in [0, 0.05) is 25.0 Å². The molecule has 0 spiro atoms. The van der Waals surface area contributed by atoms with Crippen molar-refractivity contribution in [3.8, 4) is 0 Å². The van der Waals surface area contributed by atoms with Crippen molar-refractivity contribution in [3.63, 3.8) is 0 Å². The van der Waals surface area contributed by atoms with E-state index < -0.39 is 0 Å². The molecule has 6 heteroatoms. The molecule has 0 fully saturated rings. The van der Waals surface area contributed by atoms with Crippen LogP contribution < -0.4 is 11.1 Å². The second-order valence-corrected chi connectivity index (χ2v) is 8.94. The monoisotopic (exact) mass is 527 g/mol. The van der Waals surface area contributed by atoms with E-state index in [4.69, 9.17) is 10.7 Å². The lowest BCUT2D eigenvalue weighted by molar-refractivity contribution is 0.358. The summed E-state index contributed by atoms with van der Waals surface area (Å²) in [4.78, 5) is 11.2. The van der Waals surface area contributed by atoms with Gasteiger partial charge in [0.05, 0.1) is 22.9 Å². The Bertz CT molecular complexity index is 974. The van der Waals surface area contributed by atoms with Crippen molar-refractivity contribution in [3.05, 3.63) is 83.8 Å². The molecule has 0 saturated carbocycles. The molecule has 1 aliphatic heterocycles. The fourth-order valence-electron chi connectivity index (χ4n) is 2.98. The normalized spacial score (nSPS) is 14.8. The fraction of sp³-hybridized carbons (Fsp3) is 0.500. The summed E-state index contributed by atoms with van der Waals surface area (Å²) in [5.41, 5.74) is 10.4. The Kier molecular flexibility index (Phi) is 19.4. The van der Waals surface area contributed by atoms with Crippen molar-refractivity contribution in [1.82, 2.24) is 14.9 Å². The number of hydrogen-bond donors (Lipinski definition) is 2. The fourth-order valence-corrected chi connectivity index (χ4v) is 2.98. The minimum absolute atomic E-state index is 0.0450. The minimum atomic E-state index is -0.309. The quantitative estimate of drug-likeness (QED) is 0.330. The smallest absolute Gasteiger partial charge is 0.223 e. The van der Waals surface area contributed by atoms with E-state index in [1.165, 1.54) is 18.6 Å². The van der Waals surface area contributed by atoms with Gasteiger partial charge in [0.2, 0.25) is 5.95 Å². The van der Waals surface area contributed by atoms with E-state index in [-0.39, 0.29) is 17.3 Å². The van der Waals surface area contributed by atoms with Gasteiger partial charge >= 0.3 is 0 Å². The molecular formula is C32H54FN5. The van der Waals surface area contributed by atoms with Crippen LogP contribution in [0.5, 0.6) is 0 Å². The van der Waals surface area contributed by atoms with Gasteiger partial charge in [-0.15, -0.1) is 0 Å². The van der Waals surface area contributed by atoms with Crippen molar-refractivity contribution in [2.45, 2.75) is 95.5 Å². The minimum Gasteiger partial charge on any atom is -0.396 e. The summed E-state index contributed by atoms with van der Waals surface area (Å²) >= 11 is 0. The molecule has 0 saturated heterocycles.